The lowest BCUT2D eigenvalue weighted by atomic mass is 9.93. The van der Waals surface area contributed by atoms with E-state index in [0.717, 1.165) is 52.0 Å². The number of rotatable bonds is 8. The normalized spacial score (nSPS) is 12.9. The molecule has 0 fully saturated rings. The molecule has 0 radical (unpaired) electrons. The minimum Gasteiger partial charge on any atom is -0.493 e. The van der Waals surface area contributed by atoms with E-state index in [4.69, 9.17) is 4.74 Å². The van der Waals surface area contributed by atoms with Gasteiger partial charge in [-0.2, -0.15) is 5.10 Å². The molecule has 0 atom stereocenters. The Bertz CT molecular complexity index is 1410. The van der Waals surface area contributed by atoms with Crippen LogP contribution in [0.2, 0.25) is 0 Å². The van der Waals surface area contributed by atoms with E-state index in [0.29, 0.717) is 26.0 Å². The highest BCUT2D eigenvalue weighted by Gasteiger charge is 2.24. The van der Waals surface area contributed by atoms with E-state index < -0.39 is 0 Å². The van der Waals surface area contributed by atoms with Crippen molar-refractivity contribution in [2.24, 2.45) is 0 Å². The molecule has 0 aliphatic carbocycles. The number of ether oxygens (including phenoxy) is 1. The summed E-state index contributed by atoms with van der Waals surface area (Å²) in [6.07, 6.45) is 7.11. The monoisotopic (exact) mass is 557 g/mol. The van der Waals surface area contributed by atoms with Crippen molar-refractivity contribution >= 4 is 27.5 Å². The first-order valence-corrected chi connectivity index (χ1v) is 13.7. The molecule has 1 aliphatic heterocycles. The summed E-state index contributed by atoms with van der Waals surface area (Å²) in [5, 5.41) is 4.61. The third-order valence-electron chi connectivity index (χ3n) is 7.08. The number of carbonyl (C=O) groups excluding carboxylic acids is 1. The van der Waals surface area contributed by atoms with Crippen LogP contribution in [-0.4, -0.2) is 28.8 Å². The van der Waals surface area contributed by atoms with Crippen LogP contribution in [0.1, 0.15) is 41.5 Å². The second-order valence-corrected chi connectivity index (χ2v) is 10.6. The molecular weight excluding hydrogens is 526 g/mol. The third-order valence-corrected chi connectivity index (χ3v) is 7.57. The van der Waals surface area contributed by atoms with Crippen LogP contribution < -0.4 is 9.64 Å². The average molecular weight is 559 g/mol. The van der Waals surface area contributed by atoms with E-state index >= 15 is 0 Å². The summed E-state index contributed by atoms with van der Waals surface area (Å²) in [7, 11) is 0. The number of aryl methyl sites for hydroxylation is 1. The van der Waals surface area contributed by atoms with Gasteiger partial charge in [-0.25, -0.2) is 0 Å². The summed E-state index contributed by atoms with van der Waals surface area (Å²) in [6, 6.07) is 20.6. The van der Waals surface area contributed by atoms with E-state index in [2.05, 4.69) is 77.5 Å². The third kappa shape index (κ3) is 5.80. The number of halogens is 1. The van der Waals surface area contributed by atoms with Gasteiger partial charge in [0.2, 0.25) is 5.91 Å². The molecule has 6 heteroatoms. The van der Waals surface area contributed by atoms with Crippen LogP contribution in [0.3, 0.4) is 0 Å². The Labute approximate surface area is 227 Å². The summed E-state index contributed by atoms with van der Waals surface area (Å²) in [5.41, 5.74) is 8.08. The molecule has 0 spiro atoms. The lowest BCUT2D eigenvalue weighted by Crippen LogP contribution is -2.35. The molecule has 2 heterocycles. The molecule has 0 saturated carbocycles. The second-order valence-electron chi connectivity index (χ2n) is 9.66. The van der Waals surface area contributed by atoms with Gasteiger partial charge < -0.3 is 9.64 Å². The molecule has 0 bridgehead atoms. The molecule has 5 rings (SSSR count). The first-order valence-electron chi connectivity index (χ1n) is 12.9. The maximum atomic E-state index is 13.2. The number of fused-ring (bicyclic) bond motifs is 1. The zero-order chi connectivity index (χ0) is 25.8. The first-order chi connectivity index (χ1) is 18.0. The largest absolute Gasteiger partial charge is 0.493 e. The van der Waals surface area contributed by atoms with Gasteiger partial charge in [0.05, 0.1) is 19.3 Å². The Hall–Kier alpha value is -3.38. The number of carbonyl (C=O) groups is 1. The molecule has 1 amide bonds. The molecule has 3 aromatic carbocycles. The molecule has 0 unspecified atom stereocenters. The number of amides is 1. The van der Waals surface area contributed by atoms with Gasteiger partial charge in [-0.3, -0.25) is 9.48 Å². The number of anilines is 1. The van der Waals surface area contributed by atoms with Gasteiger partial charge in [0.25, 0.3) is 0 Å². The van der Waals surface area contributed by atoms with Gasteiger partial charge in [0.1, 0.15) is 5.75 Å². The van der Waals surface area contributed by atoms with Gasteiger partial charge in [-0.15, -0.1) is 0 Å². The number of benzene rings is 3. The number of nitrogens with zero attached hydrogens (tertiary/aromatic N) is 3. The van der Waals surface area contributed by atoms with Gasteiger partial charge in [0, 0.05) is 34.9 Å². The Morgan fingerprint density at radius 3 is 2.78 bits per heavy atom. The molecular formula is C31H32BrN3O2. The fraction of sp³-hybridized carbons (Fsp3) is 0.290. The topological polar surface area (TPSA) is 47.4 Å². The zero-order valence-electron chi connectivity index (χ0n) is 21.4. The van der Waals surface area contributed by atoms with Gasteiger partial charge in [-0.1, -0.05) is 52.3 Å². The average Bonchev–Trinajstić information content (AvgIpc) is 3.36. The van der Waals surface area contributed by atoms with Crippen LogP contribution in [0, 0.1) is 13.8 Å². The first kappa shape index (κ1) is 25.3. The van der Waals surface area contributed by atoms with Crippen LogP contribution in [-0.2, 0) is 17.8 Å². The fourth-order valence-electron chi connectivity index (χ4n) is 4.99. The molecule has 190 valence electrons. The highest BCUT2D eigenvalue weighted by molar-refractivity contribution is 9.10. The number of hydrogen-bond acceptors (Lipinski definition) is 3. The molecule has 5 nitrogen and oxygen atoms in total. The zero-order valence-corrected chi connectivity index (χ0v) is 23.0. The maximum absolute atomic E-state index is 13.2. The van der Waals surface area contributed by atoms with Crippen LogP contribution in [0.4, 0.5) is 5.69 Å². The van der Waals surface area contributed by atoms with Crippen molar-refractivity contribution in [1.29, 1.82) is 0 Å². The Morgan fingerprint density at radius 2 is 1.92 bits per heavy atom. The van der Waals surface area contributed by atoms with Crippen molar-refractivity contribution < 1.29 is 9.53 Å². The predicted octanol–water partition coefficient (Wildman–Crippen LogP) is 7.12. The smallest absolute Gasteiger partial charge is 0.227 e. The van der Waals surface area contributed by atoms with Crippen molar-refractivity contribution in [3.63, 3.8) is 0 Å². The van der Waals surface area contributed by atoms with Crippen molar-refractivity contribution in [3.8, 4) is 16.9 Å². The van der Waals surface area contributed by atoms with E-state index in [9.17, 15) is 4.79 Å². The number of aromatic nitrogens is 2. The molecule has 0 N–H and O–H groups in total. The highest BCUT2D eigenvalue weighted by atomic mass is 79.9. The lowest BCUT2D eigenvalue weighted by molar-refractivity contribution is -0.118. The molecule has 0 saturated heterocycles. The van der Waals surface area contributed by atoms with E-state index in [1.165, 1.54) is 16.7 Å². The fourth-order valence-corrected chi connectivity index (χ4v) is 5.43. The van der Waals surface area contributed by atoms with E-state index in [1.54, 1.807) is 0 Å². The van der Waals surface area contributed by atoms with Crippen molar-refractivity contribution in [1.82, 2.24) is 9.78 Å². The second kappa shape index (κ2) is 11.3. The van der Waals surface area contributed by atoms with Gasteiger partial charge in [-0.05, 0) is 85.2 Å². The van der Waals surface area contributed by atoms with Crippen molar-refractivity contribution in [3.05, 3.63) is 99.8 Å². The van der Waals surface area contributed by atoms with Crippen LogP contribution in [0.5, 0.6) is 5.75 Å². The van der Waals surface area contributed by atoms with Gasteiger partial charge >= 0.3 is 0 Å². The van der Waals surface area contributed by atoms with Crippen molar-refractivity contribution in [2.45, 2.75) is 46.1 Å². The van der Waals surface area contributed by atoms with E-state index in [1.807, 2.05) is 40.0 Å². The molecule has 1 aliphatic rings. The van der Waals surface area contributed by atoms with Crippen LogP contribution in [0.25, 0.3) is 11.1 Å². The summed E-state index contributed by atoms with van der Waals surface area (Å²) >= 11 is 3.54. The highest BCUT2D eigenvalue weighted by Crippen LogP contribution is 2.36. The SMILES string of the molecule is Cc1cccc(OCCCC(=O)N2CCCc3c(-c4cnn(Cc5cccc(Br)c5)c4)cccc32)c1C. The van der Waals surface area contributed by atoms with E-state index in [-0.39, 0.29) is 5.91 Å². The Balaban J connectivity index is 1.26. The maximum Gasteiger partial charge on any atom is 0.227 e. The molecule has 1 aromatic heterocycles. The summed E-state index contributed by atoms with van der Waals surface area (Å²) in [4.78, 5) is 15.2. The summed E-state index contributed by atoms with van der Waals surface area (Å²) < 4.78 is 9.01. The minimum atomic E-state index is 0.160. The van der Waals surface area contributed by atoms with Crippen LogP contribution >= 0.6 is 15.9 Å². The lowest BCUT2D eigenvalue weighted by Gasteiger charge is -2.31. The summed E-state index contributed by atoms with van der Waals surface area (Å²) in [5.74, 6) is 1.06. The minimum absolute atomic E-state index is 0.160. The van der Waals surface area contributed by atoms with Crippen LogP contribution in [0.15, 0.2) is 77.5 Å². The molecule has 37 heavy (non-hydrogen) atoms. The quantitative estimate of drug-likeness (QED) is 0.217. The van der Waals surface area contributed by atoms with Gasteiger partial charge in [0.15, 0.2) is 0 Å². The molecule has 4 aromatic rings. The Kier molecular flexibility index (Phi) is 7.75. The predicted molar refractivity (Wildman–Crippen MR) is 152 cm³/mol. The van der Waals surface area contributed by atoms with Crippen molar-refractivity contribution in [2.75, 3.05) is 18.1 Å². The Morgan fingerprint density at radius 1 is 1.08 bits per heavy atom. The summed E-state index contributed by atoms with van der Waals surface area (Å²) in [6.45, 7) is 6.16. The standard InChI is InChI=1S/C31H32BrN3O2/c1-22-8-3-14-30(23(22)2)37-17-7-15-31(36)35-16-6-12-28-27(11-5-13-29(28)35)25-19-33-34(21-25)20-24-9-4-10-26(32)18-24/h3-5,8-11,13-14,18-19,21H,6-7,12,15-17,20H2,1-2H3. The number of hydrogen-bond donors (Lipinski definition) is 0.